The van der Waals surface area contributed by atoms with Crippen molar-refractivity contribution in [3.05, 3.63) is 17.0 Å². The normalized spacial score (nSPS) is 11.7. The van der Waals surface area contributed by atoms with Crippen LogP contribution >= 0.6 is 23.1 Å². The lowest BCUT2D eigenvalue weighted by molar-refractivity contribution is -0.0882. The van der Waals surface area contributed by atoms with Crippen LogP contribution in [0.25, 0.3) is 0 Å². The van der Waals surface area contributed by atoms with Crippen LogP contribution in [0.4, 0.5) is 13.2 Å². The van der Waals surface area contributed by atoms with E-state index >= 15 is 0 Å². The lowest BCUT2D eigenvalue weighted by Gasteiger charge is -2.00. The van der Waals surface area contributed by atoms with Gasteiger partial charge in [-0.1, -0.05) is 0 Å². The van der Waals surface area contributed by atoms with Gasteiger partial charge < -0.3 is 0 Å². The minimum Gasteiger partial charge on any atom is -0.283 e. The number of hydrogen-bond acceptors (Lipinski definition) is 3. The predicted molar refractivity (Wildman–Crippen MR) is 46.5 cm³/mol. The molecule has 0 bridgehead atoms. The lowest BCUT2D eigenvalue weighted by Crippen LogP contribution is -2.21. The fourth-order valence-electron chi connectivity index (χ4n) is 0.692. The van der Waals surface area contributed by atoms with E-state index in [1.165, 1.54) is 23.9 Å². The number of thiophene rings is 1. The van der Waals surface area contributed by atoms with E-state index in [1.54, 1.807) is 6.26 Å². The van der Waals surface area contributed by atoms with Crippen LogP contribution < -0.4 is 0 Å². The number of hydrogen-bond donors (Lipinski definition) is 0. The molecular formula is C7H5F3OS2. The Bertz CT molecular complexity index is 316. The van der Waals surface area contributed by atoms with Crippen molar-refractivity contribution in [2.45, 2.75) is 10.4 Å². The van der Waals surface area contributed by atoms with Gasteiger partial charge in [-0.15, -0.1) is 23.1 Å². The molecule has 1 aromatic rings. The summed E-state index contributed by atoms with van der Waals surface area (Å²) in [4.78, 5) is 10.4. The van der Waals surface area contributed by atoms with Gasteiger partial charge in [0.2, 0.25) is 0 Å². The van der Waals surface area contributed by atoms with E-state index in [0.717, 1.165) is 11.3 Å². The monoisotopic (exact) mass is 226 g/mol. The molecule has 0 unspecified atom stereocenters. The summed E-state index contributed by atoms with van der Waals surface area (Å²) in [6, 6.07) is 2.71. The fourth-order valence-corrected chi connectivity index (χ4v) is 2.20. The molecule has 0 atom stereocenters. The van der Waals surface area contributed by atoms with Crippen LogP contribution in [-0.2, 0) is 0 Å². The van der Waals surface area contributed by atoms with E-state index in [9.17, 15) is 18.0 Å². The number of alkyl halides is 3. The van der Waals surface area contributed by atoms with Crippen molar-refractivity contribution in [3.63, 3.8) is 0 Å². The van der Waals surface area contributed by atoms with Gasteiger partial charge in [-0.05, 0) is 18.4 Å². The van der Waals surface area contributed by atoms with Gasteiger partial charge in [-0.3, -0.25) is 4.79 Å². The largest absolute Gasteiger partial charge is 0.455 e. The second-order valence-electron chi connectivity index (χ2n) is 2.15. The number of Topliss-reactive ketones (excluding diaryl/α,β-unsaturated/α-hetero) is 1. The van der Waals surface area contributed by atoms with Gasteiger partial charge in [-0.25, -0.2) is 0 Å². The van der Waals surface area contributed by atoms with Crippen molar-refractivity contribution in [2.24, 2.45) is 0 Å². The molecule has 0 saturated heterocycles. The summed E-state index contributed by atoms with van der Waals surface area (Å²) in [5.41, 5.74) is 0. The molecule has 0 aliphatic heterocycles. The van der Waals surface area contributed by atoms with Gasteiger partial charge in [-0.2, -0.15) is 13.2 Å². The first-order chi connectivity index (χ1) is 5.95. The third kappa shape index (κ3) is 2.47. The Kier molecular flexibility index (Phi) is 3.02. The van der Waals surface area contributed by atoms with Crippen molar-refractivity contribution in [1.29, 1.82) is 0 Å². The first-order valence-corrected chi connectivity index (χ1v) is 5.24. The van der Waals surface area contributed by atoms with Crippen LogP contribution in [0.3, 0.4) is 0 Å². The molecule has 0 spiro atoms. The molecule has 1 nitrogen and oxygen atoms in total. The van der Waals surface area contributed by atoms with E-state index in [1.807, 2.05) is 0 Å². The van der Waals surface area contributed by atoms with Crippen LogP contribution in [-0.4, -0.2) is 18.2 Å². The Morgan fingerprint density at radius 2 is 2.08 bits per heavy atom. The standard InChI is InChI=1S/C7H5F3OS2/c1-12-5-3-2-4(13-5)6(11)7(8,9)10/h2-3H,1H3. The molecular weight excluding hydrogens is 221 g/mol. The van der Waals surface area contributed by atoms with Crippen LogP contribution in [0.5, 0.6) is 0 Å². The molecule has 13 heavy (non-hydrogen) atoms. The summed E-state index contributed by atoms with van der Waals surface area (Å²) < 4.78 is 36.4. The summed E-state index contributed by atoms with van der Waals surface area (Å²) in [5, 5.41) is 0. The number of ketones is 1. The first kappa shape index (κ1) is 10.6. The van der Waals surface area contributed by atoms with Crippen molar-refractivity contribution in [2.75, 3.05) is 6.26 Å². The van der Waals surface area contributed by atoms with Crippen LogP contribution in [0.2, 0.25) is 0 Å². The summed E-state index contributed by atoms with van der Waals surface area (Å²) in [7, 11) is 0. The zero-order valence-electron chi connectivity index (χ0n) is 6.51. The Morgan fingerprint density at radius 1 is 1.46 bits per heavy atom. The van der Waals surface area contributed by atoms with Gasteiger partial charge in [0, 0.05) is 0 Å². The number of carbonyl (C=O) groups excluding carboxylic acids is 1. The highest BCUT2D eigenvalue weighted by molar-refractivity contribution is 8.00. The molecule has 0 N–H and O–H groups in total. The maximum absolute atomic E-state index is 11.9. The molecule has 0 aliphatic rings. The van der Waals surface area contributed by atoms with Crippen molar-refractivity contribution < 1.29 is 18.0 Å². The highest BCUT2D eigenvalue weighted by Crippen LogP contribution is 2.30. The quantitative estimate of drug-likeness (QED) is 0.569. The summed E-state index contributed by atoms with van der Waals surface area (Å²) >= 11 is 2.18. The minimum atomic E-state index is -4.76. The molecule has 0 aromatic carbocycles. The van der Waals surface area contributed by atoms with Crippen LogP contribution in [0, 0.1) is 0 Å². The predicted octanol–water partition coefficient (Wildman–Crippen LogP) is 3.22. The Labute approximate surface area is 80.9 Å². The molecule has 0 radical (unpaired) electrons. The first-order valence-electron chi connectivity index (χ1n) is 3.20. The van der Waals surface area contributed by atoms with E-state index < -0.39 is 12.0 Å². The number of halogens is 3. The number of thioether (sulfide) groups is 1. The maximum Gasteiger partial charge on any atom is 0.455 e. The average molecular weight is 226 g/mol. The molecule has 1 aromatic heterocycles. The Balaban J connectivity index is 2.90. The number of rotatable bonds is 2. The van der Waals surface area contributed by atoms with Gasteiger partial charge in [0.1, 0.15) is 0 Å². The van der Waals surface area contributed by atoms with Gasteiger partial charge in [0.25, 0.3) is 5.78 Å². The highest BCUT2D eigenvalue weighted by atomic mass is 32.2. The van der Waals surface area contributed by atoms with Crippen molar-refractivity contribution in [3.8, 4) is 0 Å². The van der Waals surface area contributed by atoms with Crippen molar-refractivity contribution >= 4 is 28.9 Å². The van der Waals surface area contributed by atoms with Gasteiger partial charge >= 0.3 is 6.18 Å². The molecule has 0 aliphatic carbocycles. The smallest absolute Gasteiger partial charge is 0.283 e. The SMILES string of the molecule is CSc1ccc(C(=O)C(F)(F)F)s1. The van der Waals surface area contributed by atoms with Crippen molar-refractivity contribution in [1.82, 2.24) is 0 Å². The van der Waals surface area contributed by atoms with Crippen LogP contribution in [0.15, 0.2) is 16.3 Å². The zero-order chi connectivity index (χ0) is 10.1. The molecule has 0 saturated carbocycles. The average Bonchev–Trinajstić information content (AvgIpc) is 2.48. The Morgan fingerprint density at radius 3 is 2.46 bits per heavy atom. The molecule has 1 heterocycles. The molecule has 6 heteroatoms. The van der Waals surface area contributed by atoms with Crippen LogP contribution in [0.1, 0.15) is 9.67 Å². The Hall–Kier alpha value is -0.490. The highest BCUT2D eigenvalue weighted by Gasteiger charge is 2.40. The maximum atomic E-state index is 11.9. The van der Waals surface area contributed by atoms with E-state index in [2.05, 4.69) is 0 Å². The van der Waals surface area contributed by atoms with Gasteiger partial charge in [0.05, 0.1) is 9.09 Å². The molecule has 0 fully saturated rings. The molecule has 0 amide bonds. The van der Waals surface area contributed by atoms with E-state index in [4.69, 9.17) is 0 Å². The minimum absolute atomic E-state index is 0.253. The second kappa shape index (κ2) is 3.71. The molecule has 1 rings (SSSR count). The third-order valence-corrected chi connectivity index (χ3v) is 3.43. The van der Waals surface area contributed by atoms with E-state index in [-0.39, 0.29) is 4.88 Å². The summed E-state index contributed by atoms with van der Waals surface area (Å²) in [6.45, 7) is 0. The third-order valence-electron chi connectivity index (χ3n) is 1.26. The van der Waals surface area contributed by atoms with Gasteiger partial charge in [0.15, 0.2) is 0 Å². The summed E-state index contributed by atoms with van der Waals surface area (Å²) in [6.07, 6.45) is -3.02. The summed E-state index contributed by atoms with van der Waals surface area (Å²) in [5.74, 6) is -1.77. The molecule has 72 valence electrons. The fraction of sp³-hybridized carbons (Fsp3) is 0.286. The second-order valence-corrected chi connectivity index (χ2v) is 4.34. The number of carbonyl (C=O) groups is 1. The lowest BCUT2D eigenvalue weighted by atomic mass is 10.3. The topological polar surface area (TPSA) is 17.1 Å². The zero-order valence-corrected chi connectivity index (χ0v) is 8.15. The van der Waals surface area contributed by atoms with E-state index in [0.29, 0.717) is 4.21 Å².